The van der Waals surface area contributed by atoms with Gasteiger partial charge in [-0.05, 0) is 98.2 Å². The molecule has 4 bridgehead atoms. The second-order valence-corrected chi connectivity index (χ2v) is 10.1. The molecule has 4 saturated carbocycles. The number of hydrogen-bond donors (Lipinski definition) is 0. The summed E-state index contributed by atoms with van der Waals surface area (Å²) in [6.45, 7) is 2.33. The van der Waals surface area contributed by atoms with Crippen molar-refractivity contribution in [1.82, 2.24) is 0 Å². The molecule has 0 nitrogen and oxygen atoms in total. The van der Waals surface area contributed by atoms with Crippen LogP contribution in [0.3, 0.4) is 0 Å². The zero-order chi connectivity index (χ0) is 16.3. The van der Waals surface area contributed by atoms with E-state index in [-0.39, 0.29) is 0 Å². The molecular formula is C23H35F. The molecule has 0 aromatic heterocycles. The van der Waals surface area contributed by atoms with Crippen molar-refractivity contribution in [3.63, 3.8) is 0 Å². The Hall–Kier alpha value is -0.330. The first kappa shape index (κ1) is 15.9. The van der Waals surface area contributed by atoms with Gasteiger partial charge in [0.05, 0.1) is 0 Å². The summed E-state index contributed by atoms with van der Waals surface area (Å²) in [6, 6.07) is 0. The van der Waals surface area contributed by atoms with Crippen molar-refractivity contribution in [2.24, 2.45) is 53.3 Å². The van der Waals surface area contributed by atoms with Crippen LogP contribution in [0.25, 0.3) is 0 Å². The van der Waals surface area contributed by atoms with Gasteiger partial charge in [0.1, 0.15) is 6.17 Å². The molecule has 0 amide bonds. The fourth-order valence-electron chi connectivity index (χ4n) is 8.21. The van der Waals surface area contributed by atoms with Gasteiger partial charge in [-0.1, -0.05) is 38.3 Å². The van der Waals surface area contributed by atoms with E-state index in [1.807, 2.05) is 0 Å². The first-order valence-electron chi connectivity index (χ1n) is 11.1. The van der Waals surface area contributed by atoms with Crippen LogP contribution in [0.2, 0.25) is 0 Å². The van der Waals surface area contributed by atoms with Gasteiger partial charge in [0.25, 0.3) is 0 Å². The van der Waals surface area contributed by atoms with E-state index in [0.29, 0.717) is 17.8 Å². The fraction of sp³-hybridized carbons (Fsp3) is 0.913. The summed E-state index contributed by atoms with van der Waals surface area (Å²) in [7, 11) is 0. The average molecular weight is 331 g/mol. The van der Waals surface area contributed by atoms with Gasteiger partial charge in [-0.25, -0.2) is 4.39 Å². The number of allylic oxidation sites excluding steroid dienone is 2. The number of fused-ring (bicyclic) bond motifs is 7. The fourth-order valence-corrected chi connectivity index (χ4v) is 8.21. The van der Waals surface area contributed by atoms with Crippen molar-refractivity contribution in [3.8, 4) is 0 Å². The molecule has 0 saturated heterocycles. The largest absolute Gasteiger partial charge is 0.247 e. The monoisotopic (exact) mass is 330 g/mol. The normalized spacial score (nSPS) is 54.1. The first-order valence-corrected chi connectivity index (χ1v) is 11.1. The molecule has 134 valence electrons. The van der Waals surface area contributed by atoms with E-state index in [1.54, 1.807) is 0 Å². The van der Waals surface area contributed by atoms with E-state index in [2.05, 4.69) is 19.1 Å². The SMILES string of the molecule is CCCCC1CC2CC(CCC3C(F)C4CC3C3CC=CC43)C1C2. The lowest BCUT2D eigenvalue weighted by atomic mass is 9.70. The number of alkyl halides is 1. The smallest absolute Gasteiger partial charge is 0.107 e. The van der Waals surface area contributed by atoms with Crippen LogP contribution in [-0.2, 0) is 0 Å². The van der Waals surface area contributed by atoms with Crippen LogP contribution in [0.1, 0.15) is 71.1 Å². The first-order chi connectivity index (χ1) is 11.8. The highest BCUT2D eigenvalue weighted by Gasteiger charge is 2.58. The molecule has 0 aliphatic heterocycles. The van der Waals surface area contributed by atoms with Crippen molar-refractivity contribution in [2.75, 3.05) is 0 Å². The lowest BCUT2D eigenvalue weighted by molar-refractivity contribution is 0.0756. The quantitative estimate of drug-likeness (QED) is 0.493. The molecule has 0 heterocycles. The Morgan fingerprint density at radius 3 is 2.50 bits per heavy atom. The second kappa shape index (κ2) is 6.13. The van der Waals surface area contributed by atoms with Crippen LogP contribution in [0.15, 0.2) is 12.2 Å². The summed E-state index contributed by atoms with van der Waals surface area (Å²) in [5.74, 6) is 7.00. The Kier molecular flexibility index (Phi) is 4.06. The van der Waals surface area contributed by atoms with Gasteiger partial charge in [-0.15, -0.1) is 0 Å². The molecule has 10 atom stereocenters. The molecule has 0 aromatic rings. The summed E-state index contributed by atoms with van der Waals surface area (Å²) in [4.78, 5) is 0. The van der Waals surface area contributed by atoms with Crippen LogP contribution in [0, 0.1) is 53.3 Å². The third-order valence-electron chi connectivity index (χ3n) is 9.11. The number of rotatable bonds is 6. The maximum atomic E-state index is 15.0. The summed E-state index contributed by atoms with van der Waals surface area (Å²) >= 11 is 0. The minimum Gasteiger partial charge on any atom is -0.247 e. The summed E-state index contributed by atoms with van der Waals surface area (Å²) in [6.07, 6.45) is 18.0. The lowest BCUT2D eigenvalue weighted by Crippen LogP contribution is -2.34. The number of unbranched alkanes of at least 4 members (excludes halogenated alkanes) is 1. The zero-order valence-electron chi connectivity index (χ0n) is 15.4. The minimum absolute atomic E-state index is 0.390. The van der Waals surface area contributed by atoms with Gasteiger partial charge in [0.2, 0.25) is 0 Å². The van der Waals surface area contributed by atoms with Gasteiger partial charge in [0, 0.05) is 0 Å². The Labute approximate surface area is 147 Å². The summed E-state index contributed by atoms with van der Waals surface area (Å²) < 4.78 is 15.0. The van der Waals surface area contributed by atoms with Gasteiger partial charge in [0.15, 0.2) is 0 Å². The van der Waals surface area contributed by atoms with Crippen LogP contribution < -0.4 is 0 Å². The van der Waals surface area contributed by atoms with Crippen LogP contribution in [0.4, 0.5) is 4.39 Å². The maximum Gasteiger partial charge on any atom is 0.107 e. The maximum absolute atomic E-state index is 15.0. The highest BCUT2D eigenvalue weighted by Crippen LogP contribution is 2.62. The molecule has 0 radical (unpaired) electrons. The van der Waals surface area contributed by atoms with Crippen molar-refractivity contribution < 1.29 is 4.39 Å². The third kappa shape index (κ3) is 2.36. The van der Waals surface area contributed by atoms with E-state index >= 15 is 0 Å². The van der Waals surface area contributed by atoms with E-state index in [1.165, 1.54) is 64.2 Å². The lowest BCUT2D eigenvalue weighted by Gasteiger charge is -2.36. The molecule has 0 spiro atoms. The zero-order valence-corrected chi connectivity index (χ0v) is 15.4. The van der Waals surface area contributed by atoms with E-state index < -0.39 is 6.17 Å². The molecule has 5 aliphatic carbocycles. The standard InChI is InChI=1S/C23H35F/c1-2-3-5-15-10-14-11-16(20(15)12-14)8-9-19-21-13-22(23(19)24)18-7-4-6-17(18)21/h4,7,14-23H,2-3,5-6,8-13H2,1H3. The van der Waals surface area contributed by atoms with Crippen molar-refractivity contribution in [2.45, 2.75) is 77.3 Å². The van der Waals surface area contributed by atoms with E-state index in [9.17, 15) is 4.39 Å². The van der Waals surface area contributed by atoms with E-state index in [0.717, 1.165) is 35.5 Å². The Bertz CT molecular complexity index is 496. The van der Waals surface area contributed by atoms with Gasteiger partial charge < -0.3 is 0 Å². The molecule has 4 fully saturated rings. The van der Waals surface area contributed by atoms with E-state index in [4.69, 9.17) is 0 Å². The molecule has 5 rings (SSSR count). The topological polar surface area (TPSA) is 0 Å². The van der Waals surface area contributed by atoms with Crippen LogP contribution in [0.5, 0.6) is 0 Å². The molecule has 5 aliphatic rings. The van der Waals surface area contributed by atoms with Crippen molar-refractivity contribution >= 4 is 0 Å². The van der Waals surface area contributed by atoms with Crippen molar-refractivity contribution in [3.05, 3.63) is 12.2 Å². The molecule has 1 heteroatoms. The molecule has 0 N–H and O–H groups in total. The number of hydrogen-bond acceptors (Lipinski definition) is 0. The Morgan fingerprint density at radius 1 is 0.875 bits per heavy atom. The predicted molar refractivity (Wildman–Crippen MR) is 97.3 cm³/mol. The van der Waals surface area contributed by atoms with Gasteiger partial charge in [-0.2, -0.15) is 0 Å². The van der Waals surface area contributed by atoms with Gasteiger partial charge in [-0.3, -0.25) is 0 Å². The van der Waals surface area contributed by atoms with Gasteiger partial charge >= 0.3 is 0 Å². The summed E-state index contributed by atoms with van der Waals surface area (Å²) in [5.41, 5.74) is 0. The molecule has 24 heavy (non-hydrogen) atoms. The highest BCUT2D eigenvalue weighted by molar-refractivity contribution is 5.16. The second-order valence-electron chi connectivity index (χ2n) is 10.1. The van der Waals surface area contributed by atoms with Crippen LogP contribution >= 0.6 is 0 Å². The van der Waals surface area contributed by atoms with Crippen LogP contribution in [-0.4, -0.2) is 6.17 Å². The molecule has 10 unspecified atom stereocenters. The molecular weight excluding hydrogens is 295 g/mol. The third-order valence-corrected chi connectivity index (χ3v) is 9.11. The highest BCUT2D eigenvalue weighted by atomic mass is 19.1. The average Bonchev–Trinajstić information content (AvgIpc) is 3.34. The van der Waals surface area contributed by atoms with Crippen molar-refractivity contribution in [1.29, 1.82) is 0 Å². The Balaban J connectivity index is 1.19. The minimum atomic E-state index is -0.478. The molecule has 0 aromatic carbocycles. The number of halogens is 1. The summed E-state index contributed by atoms with van der Waals surface area (Å²) in [5, 5.41) is 0. The predicted octanol–water partition coefficient (Wildman–Crippen LogP) is 6.42. The Morgan fingerprint density at radius 2 is 1.71 bits per heavy atom.